The molecule has 3 rings (SSSR count). The molecule has 1 unspecified atom stereocenters. The predicted octanol–water partition coefficient (Wildman–Crippen LogP) is 4.63. The third kappa shape index (κ3) is 5.80. The van der Waals surface area contributed by atoms with Crippen molar-refractivity contribution in [1.82, 2.24) is 4.98 Å². The minimum absolute atomic E-state index is 0.131. The first-order valence-electron chi connectivity index (χ1n) is 9.79. The molecule has 1 atom stereocenters. The summed E-state index contributed by atoms with van der Waals surface area (Å²) in [6.45, 7) is 1.13. The number of anilines is 2. The van der Waals surface area contributed by atoms with E-state index in [0.29, 0.717) is 42.5 Å². The SMILES string of the molecule is COCCOc1c(Cl)cccc1NC(=O)C1CCCN(c2ncccc2C(F)(F)F)C1. The Morgan fingerprint density at radius 1 is 1.29 bits per heavy atom. The van der Waals surface area contributed by atoms with Crippen LogP contribution in [-0.2, 0) is 15.7 Å². The van der Waals surface area contributed by atoms with Gasteiger partial charge in [-0.25, -0.2) is 4.98 Å². The number of halogens is 4. The number of nitrogens with one attached hydrogen (secondary N) is 1. The van der Waals surface area contributed by atoms with Crippen LogP contribution in [0.5, 0.6) is 5.75 Å². The van der Waals surface area contributed by atoms with E-state index in [9.17, 15) is 18.0 Å². The summed E-state index contributed by atoms with van der Waals surface area (Å²) in [4.78, 5) is 18.4. The number of hydrogen-bond acceptors (Lipinski definition) is 5. The Balaban J connectivity index is 1.74. The maximum absolute atomic E-state index is 13.4. The Morgan fingerprint density at radius 3 is 2.84 bits per heavy atom. The van der Waals surface area contributed by atoms with E-state index in [0.717, 1.165) is 6.07 Å². The van der Waals surface area contributed by atoms with Gasteiger partial charge < -0.3 is 19.7 Å². The molecule has 1 fully saturated rings. The minimum Gasteiger partial charge on any atom is -0.487 e. The van der Waals surface area contributed by atoms with Crippen LogP contribution in [0.25, 0.3) is 0 Å². The second-order valence-electron chi connectivity index (χ2n) is 7.10. The lowest BCUT2D eigenvalue weighted by Gasteiger charge is -2.34. The van der Waals surface area contributed by atoms with Crippen LogP contribution < -0.4 is 15.0 Å². The number of hydrogen-bond donors (Lipinski definition) is 1. The molecule has 1 aromatic heterocycles. The van der Waals surface area contributed by atoms with Gasteiger partial charge in [-0.3, -0.25) is 4.79 Å². The molecule has 31 heavy (non-hydrogen) atoms. The first kappa shape index (κ1) is 23.1. The van der Waals surface area contributed by atoms with Crippen molar-refractivity contribution >= 4 is 29.0 Å². The molecule has 0 bridgehead atoms. The van der Waals surface area contributed by atoms with Crippen LogP contribution >= 0.6 is 11.6 Å². The number of ether oxygens (including phenoxy) is 2. The highest BCUT2D eigenvalue weighted by Gasteiger charge is 2.37. The molecular weight excluding hydrogens is 435 g/mol. The van der Waals surface area contributed by atoms with Crippen molar-refractivity contribution in [3.63, 3.8) is 0 Å². The number of piperidine rings is 1. The number of nitrogens with zero attached hydrogens (tertiary/aromatic N) is 2. The number of alkyl halides is 3. The number of amides is 1. The maximum atomic E-state index is 13.4. The molecule has 0 saturated carbocycles. The van der Waals surface area contributed by atoms with Gasteiger partial charge in [-0.15, -0.1) is 0 Å². The monoisotopic (exact) mass is 457 g/mol. The fraction of sp³-hybridized carbons (Fsp3) is 0.429. The molecule has 0 radical (unpaired) electrons. The molecule has 1 amide bonds. The van der Waals surface area contributed by atoms with Crippen LogP contribution in [0.4, 0.5) is 24.7 Å². The summed E-state index contributed by atoms with van der Waals surface area (Å²) < 4.78 is 50.7. The summed E-state index contributed by atoms with van der Waals surface area (Å²) in [5.41, 5.74) is -0.403. The molecule has 6 nitrogen and oxygen atoms in total. The fourth-order valence-corrected chi connectivity index (χ4v) is 3.70. The fourth-order valence-electron chi connectivity index (χ4n) is 3.47. The molecule has 2 aromatic rings. The van der Waals surface area contributed by atoms with E-state index < -0.39 is 17.7 Å². The van der Waals surface area contributed by atoms with Crippen molar-refractivity contribution in [2.75, 3.05) is 43.6 Å². The summed E-state index contributed by atoms with van der Waals surface area (Å²) in [5.74, 6) is -0.652. The third-order valence-electron chi connectivity index (χ3n) is 4.94. The highest BCUT2D eigenvalue weighted by Crippen LogP contribution is 2.37. The second kappa shape index (κ2) is 10.2. The number of carbonyl (C=O) groups excluding carboxylic acids is 1. The third-order valence-corrected chi connectivity index (χ3v) is 5.24. The van der Waals surface area contributed by atoms with E-state index in [1.54, 1.807) is 25.3 Å². The molecule has 1 aliphatic rings. The lowest BCUT2D eigenvalue weighted by molar-refractivity contribution is -0.137. The highest BCUT2D eigenvalue weighted by molar-refractivity contribution is 6.32. The summed E-state index contributed by atoms with van der Waals surface area (Å²) in [7, 11) is 1.54. The van der Waals surface area contributed by atoms with Gasteiger partial charge >= 0.3 is 6.18 Å². The van der Waals surface area contributed by atoms with Crippen molar-refractivity contribution in [3.8, 4) is 5.75 Å². The van der Waals surface area contributed by atoms with Gasteiger partial charge in [0.25, 0.3) is 0 Å². The van der Waals surface area contributed by atoms with Crippen LogP contribution in [0.1, 0.15) is 18.4 Å². The Labute approximate surface area is 183 Å². The van der Waals surface area contributed by atoms with Crippen LogP contribution in [0.15, 0.2) is 36.5 Å². The van der Waals surface area contributed by atoms with Gasteiger partial charge in [0, 0.05) is 26.4 Å². The normalized spacial score (nSPS) is 16.8. The van der Waals surface area contributed by atoms with E-state index in [1.807, 2.05) is 0 Å². The van der Waals surface area contributed by atoms with Crippen molar-refractivity contribution in [2.45, 2.75) is 19.0 Å². The molecule has 1 aromatic carbocycles. The van der Waals surface area contributed by atoms with E-state index in [4.69, 9.17) is 21.1 Å². The zero-order chi connectivity index (χ0) is 22.4. The molecule has 0 spiro atoms. The van der Waals surface area contributed by atoms with Crippen molar-refractivity contribution in [3.05, 3.63) is 47.1 Å². The molecule has 1 aliphatic heterocycles. The first-order chi connectivity index (χ1) is 14.8. The van der Waals surface area contributed by atoms with E-state index >= 15 is 0 Å². The summed E-state index contributed by atoms with van der Waals surface area (Å²) in [5, 5.41) is 3.14. The van der Waals surface area contributed by atoms with Gasteiger partial charge in [-0.1, -0.05) is 17.7 Å². The number of methoxy groups -OCH3 is 1. The van der Waals surface area contributed by atoms with Gasteiger partial charge in [0.1, 0.15) is 12.4 Å². The molecule has 2 heterocycles. The van der Waals surface area contributed by atoms with Crippen molar-refractivity contribution in [1.29, 1.82) is 0 Å². The Morgan fingerprint density at radius 2 is 2.10 bits per heavy atom. The number of para-hydroxylation sites is 1. The largest absolute Gasteiger partial charge is 0.487 e. The maximum Gasteiger partial charge on any atom is 0.419 e. The predicted molar refractivity (Wildman–Crippen MR) is 112 cm³/mol. The number of benzene rings is 1. The number of aromatic nitrogens is 1. The number of pyridine rings is 1. The number of carbonyl (C=O) groups is 1. The summed E-state index contributed by atoms with van der Waals surface area (Å²) in [6.07, 6.45) is -2.08. The minimum atomic E-state index is -4.52. The Bertz CT molecular complexity index is 911. The van der Waals surface area contributed by atoms with Gasteiger partial charge in [-0.2, -0.15) is 13.2 Å². The van der Waals surface area contributed by atoms with E-state index in [2.05, 4.69) is 10.3 Å². The molecule has 10 heteroatoms. The molecule has 168 valence electrons. The van der Waals surface area contributed by atoms with Crippen LogP contribution in [0.3, 0.4) is 0 Å². The van der Waals surface area contributed by atoms with Gasteiger partial charge in [0.05, 0.1) is 28.8 Å². The standard InChI is InChI=1S/C21H23ClF3N3O3/c1-30-11-12-31-18-16(22)7-2-8-17(18)27-20(29)14-5-4-10-28(13-14)19-15(21(23,24)25)6-3-9-26-19/h2-3,6-9,14H,4-5,10-13H2,1H3,(H,27,29). The average Bonchev–Trinajstić information content (AvgIpc) is 2.75. The molecule has 1 N–H and O–H groups in total. The number of rotatable bonds is 7. The van der Waals surface area contributed by atoms with Crippen molar-refractivity contribution in [2.24, 2.45) is 5.92 Å². The van der Waals surface area contributed by atoms with Crippen LogP contribution in [-0.4, -0.2) is 44.3 Å². The average molecular weight is 458 g/mol. The van der Waals surface area contributed by atoms with Crippen molar-refractivity contribution < 1.29 is 27.4 Å². The quantitative estimate of drug-likeness (QED) is 0.614. The second-order valence-corrected chi connectivity index (χ2v) is 7.51. The van der Waals surface area contributed by atoms with Gasteiger partial charge in [-0.05, 0) is 37.1 Å². The molecule has 0 aliphatic carbocycles. The topological polar surface area (TPSA) is 63.7 Å². The molecule has 1 saturated heterocycles. The lowest BCUT2D eigenvalue weighted by atomic mass is 9.96. The highest BCUT2D eigenvalue weighted by atomic mass is 35.5. The summed E-state index contributed by atoms with van der Waals surface area (Å²) >= 11 is 6.20. The van der Waals surface area contributed by atoms with Crippen LogP contribution in [0, 0.1) is 5.92 Å². The van der Waals surface area contributed by atoms with Crippen LogP contribution in [0.2, 0.25) is 5.02 Å². The van der Waals surface area contributed by atoms with Gasteiger partial charge in [0.15, 0.2) is 5.75 Å². The zero-order valence-electron chi connectivity index (χ0n) is 16.9. The Hall–Kier alpha value is -2.52. The van der Waals surface area contributed by atoms with Gasteiger partial charge in [0.2, 0.25) is 5.91 Å². The first-order valence-corrected chi connectivity index (χ1v) is 10.2. The smallest absolute Gasteiger partial charge is 0.419 e. The summed E-state index contributed by atoms with van der Waals surface area (Å²) in [6, 6.07) is 7.23. The zero-order valence-corrected chi connectivity index (χ0v) is 17.7. The lowest BCUT2D eigenvalue weighted by Crippen LogP contribution is -2.42. The van der Waals surface area contributed by atoms with E-state index in [1.165, 1.54) is 17.2 Å². The van der Waals surface area contributed by atoms with E-state index in [-0.39, 0.29) is 24.9 Å². The Kier molecular flexibility index (Phi) is 7.61. The molecular formula is C21H23ClF3N3O3.